The average molecular weight is 407 g/mol. The summed E-state index contributed by atoms with van der Waals surface area (Å²) in [4.78, 5) is 0. The number of anilines is 1. The highest BCUT2D eigenvalue weighted by Crippen LogP contribution is 2.33. The van der Waals surface area contributed by atoms with Crippen molar-refractivity contribution in [1.29, 1.82) is 0 Å². The van der Waals surface area contributed by atoms with Crippen LogP contribution in [0.2, 0.25) is 0 Å². The lowest BCUT2D eigenvalue weighted by atomic mass is 10.2. The zero-order chi connectivity index (χ0) is 14.7. The fraction of sp³-hybridized carbons (Fsp3) is 0.143. The van der Waals surface area contributed by atoms with Gasteiger partial charge in [-0.25, -0.2) is 8.78 Å². The Morgan fingerprint density at radius 2 is 1.90 bits per heavy atom. The lowest BCUT2D eigenvalue weighted by molar-refractivity contribution is 0.407. The molecule has 106 valence electrons. The van der Waals surface area contributed by atoms with Crippen LogP contribution in [-0.4, -0.2) is 7.11 Å². The molecular formula is C14H11Br2F2NO. The number of hydrogen-bond acceptors (Lipinski definition) is 2. The van der Waals surface area contributed by atoms with E-state index >= 15 is 0 Å². The van der Waals surface area contributed by atoms with Crippen molar-refractivity contribution in [2.75, 3.05) is 12.4 Å². The van der Waals surface area contributed by atoms with E-state index in [0.29, 0.717) is 12.3 Å². The van der Waals surface area contributed by atoms with Gasteiger partial charge in [0.2, 0.25) is 0 Å². The zero-order valence-electron chi connectivity index (χ0n) is 10.5. The van der Waals surface area contributed by atoms with E-state index in [0.717, 1.165) is 20.6 Å². The minimum absolute atomic E-state index is 0.240. The molecule has 0 aliphatic rings. The third-order valence-corrected chi connectivity index (χ3v) is 3.74. The summed E-state index contributed by atoms with van der Waals surface area (Å²) < 4.78 is 33.4. The van der Waals surface area contributed by atoms with Crippen LogP contribution in [0.4, 0.5) is 14.5 Å². The molecule has 0 spiro atoms. The van der Waals surface area contributed by atoms with Crippen LogP contribution in [0.3, 0.4) is 0 Å². The van der Waals surface area contributed by atoms with Crippen LogP contribution in [0.15, 0.2) is 39.3 Å². The molecule has 0 heterocycles. The van der Waals surface area contributed by atoms with Gasteiger partial charge in [-0.15, -0.1) is 0 Å². The Kier molecular flexibility index (Phi) is 4.99. The fourth-order valence-electron chi connectivity index (χ4n) is 1.80. The third kappa shape index (κ3) is 3.49. The van der Waals surface area contributed by atoms with Gasteiger partial charge in [-0.2, -0.15) is 0 Å². The SMILES string of the molecule is COc1c(Br)cc(Br)cc1CNc1ccc(F)cc1F. The molecule has 6 heteroatoms. The Morgan fingerprint density at radius 1 is 1.15 bits per heavy atom. The molecule has 0 aliphatic heterocycles. The van der Waals surface area contributed by atoms with E-state index in [2.05, 4.69) is 37.2 Å². The fourth-order valence-corrected chi connectivity index (χ4v) is 3.27. The standard InChI is InChI=1S/C14H11Br2F2NO/c1-20-14-8(4-9(15)5-11(14)16)7-19-13-3-2-10(17)6-12(13)18/h2-6,19H,7H2,1H3. The first-order valence-corrected chi connectivity index (χ1v) is 7.30. The topological polar surface area (TPSA) is 21.3 Å². The van der Waals surface area contributed by atoms with Gasteiger partial charge in [-0.1, -0.05) is 15.9 Å². The number of halogens is 4. The summed E-state index contributed by atoms with van der Waals surface area (Å²) in [6.07, 6.45) is 0. The summed E-state index contributed by atoms with van der Waals surface area (Å²) in [5, 5.41) is 2.92. The van der Waals surface area contributed by atoms with Crippen molar-refractivity contribution in [2.45, 2.75) is 6.54 Å². The van der Waals surface area contributed by atoms with E-state index < -0.39 is 11.6 Å². The van der Waals surface area contributed by atoms with E-state index in [1.54, 1.807) is 7.11 Å². The minimum atomic E-state index is -0.627. The molecule has 2 rings (SSSR count). The van der Waals surface area contributed by atoms with Crippen LogP contribution in [-0.2, 0) is 6.54 Å². The largest absolute Gasteiger partial charge is 0.495 e. The van der Waals surface area contributed by atoms with Crippen LogP contribution in [0.1, 0.15) is 5.56 Å². The summed E-state index contributed by atoms with van der Waals surface area (Å²) in [5.41, 5.74) is 1.09. The summed E-state index contributed by atoms with van der Waals surface area (Å²) in [6.45, 7) is 0.351. The Bertz CT molecular complexity index is 635. The smallest absolute Gasteiger partial charge is 0.149 e. The number of hydrogen-bond donors (Lipinski definition) is 1. The molecule has 0 saturated heterocycles. The number of methoxy groups -OCH3 is 1. The maximum absolute atomic E-state index is 13.5. The first-order chi connectivity index (χ1) is 9.51. The van der Waals surface area contributed by atoms with Crippen LogP contribution in [0, 0.1) is 11.6 Å². The van der Waals surface area contributed by atoms with E-state index in [4.69, 9.17) is 4.74 Å². The summed E-state index contributed by atoms with van der Waals surface area (Å²) >= 11 is 6.79. The van der Waals surface area contributed by atoms with Gasteiger partial charge >= 0.3 is 0 Å². The molecule has 20 heavy (non-hydrogen) atoms. The predicted octanol–water partition coefficient (Wildman–Crippen LogP) is 5.11. The molecule has 2 nitrogen and oxygen atoms in total. The molecule has 0 aliphatic carbocycles. The van der Waals surface area contributed by atoms with Crippen LogP contribution < -0.4 is 10.1 Å². The van der Waals surface area contributed by atoms with Crippen molar-refractivity contribution in [3.8, 4) is 5.75 Å². The third-order valence-electron chi connectivity index (χ3n) is 2.69. The van der Waals surface area contributed by atoms with Gasteiger partial charge < -0.3 is 10.1 Å². The normalized spacial score (nSPS) is 10.4. The van der Waals surface area contributed by atoms with Gasteiger partial charge in [0.1, 0.15) is 17.4 Å². The van der Waals surface area contributed by atoms with Gasteiger partial charge in [0, 0.05) is 22.6 Å². The van der Waals surface area contributed by atoms with E-state index in [1.165, 1.54) is 12.1 Å². The second kappa shape index (κ2) is 6.54. The van der Waals surface area contributed by atoms with Crippen LogP contribution in [0.25, 0.3) is 0 Å². The summed E-state index contributed by atoms with van der Waals surface area (Å²) in [5.74, 6) is -0.558. The molecule has 0 bridgehead atoms. The Balaban J connectivity index is 2.22. The molecule has 0 radical (unpaired) electrons. The number of ether oxygens (including phenoxy) is 1. The number of nitrogens with one attached hydrogen (secondary N) is 1. The Morgan fingerprint density at radius 3 is 2.55 bits per heavy atom. The molecule has 0 atom stereocenters. The molecular weight excluding hydrogens is 396 g/mol. The molecule has 0 unspecified atom stereocenters. The van der Waals surface area contributed by atoms with Crippen LogP contribution in [0.5, 0.6) is 5.75 Å². The van der Waals surface area contributed by atoms with Gasteiger partial charge in [-0.05, 0) is 40.2 Å². The number of benzene rings is 2. The predicted molar refractivity (Wildman–Crippen MR) is 82.1 cm³/mol. The quantitative estimate of drug-likeness (QED) is 0.761. The summed E-state index contributed by atoms with van der Waals surface area (Å²) in [6, 6.07) is 7.15. The molecule has 2 aromatic rings. The maximum Gasteiger partial charge on any atom is 0.149 e. The minimum Gasteiger partial charge on any atom is -0.495 e. The van der Waals surface area contributed by atoms with Gasteiger partial charge in [0.05, 0.1) is 17.3 Å². The highest BCUT2D eigenvalue weighted by molar-refractivity contribution is 9.11. The average Bonchev–Trinajstić information content (AvgIpc) is 2.37. The van der Waals surface area contributed by atoms with Crippen molar-refractivity contribution in [1.82, 2.24) is 0 Å². The highest BCUT2D eigenvalue weighted by Gasteiger charge is 2.10. The second-order valence-corrected chi connectivity index (χ2v) is 5.83. The molecule has 0 amide bonds. The van der Waals surface area contributed by atoms with Crippen molar-refractivity contribution >= 4 is 37.5 Å². The van der Waals surface area contributed by atoms with E-state index in [-0.39, 0.29) is 5.69 Å². The zero-order valence-corrected chi connectivity index (χ0v) is 13.7. The highest BCUT2D eigenvalue weighted by atomic mass is 79.9. The number of rotatable bonds is 4. The Labute approximate surface area is 132 Å². The lowest BCUT2D eigenvalue weighted by Gasteiger charge is -2.13. The van der Waals surface area contributed by atoms with Crippen molar-refractivity contribution < 1.29 is 13.5 Å². The van der Waals surface area contributed by atoms with Crippen molar-refractivity contribution in [3.05, 3.63) is 56.5 Å². The van der Waals surface area contributed by atoms with E-state index in [1.807, 2.05) is 12.1 Å². The van der Waals surface area contributed by atoms with Gasteiger partial charge in [0.25, 0.3) is 0 Å². The van der Waals surface area contributed by atoms with E-state index in [9.17, 15) is 8.78 Å². The molecule has 0 fully saturated rings. The first kappa shape index (κ1) is 15.3. The molecule has 1 N–H and O–H groups in total. The summed E-state index contributed by atoms with van der Waals surface area (Å²) in [7, 11) is 1.57. The maximum atomic E-state index is 13.5. The first-order valence-electron chi connectivity index (χ1n) is 5.72. The lowest BCUT2D eigenvalue weighted by Crippen LogP contribution is -2.04. The molecule has 2 aromatic carbocycles. The second-order valence-electron chi connectivity index (χ2n) is 4.06. The molecule has 0 aromatic heterocycles. The van der Waals surface area contributed by atoms with Crippen LogP contribution >= 0.6 is 31.9 Å². The Hall–Kier alpha value is -1.14. The monoisotopic (exact) mass is 405 g/mol. The van der Waals surface area contributed by atoms with Gasteiger partial charge in [0.15, 0.2) is 0 Å². The molecule has 0 saturated carbocycles. The van der Waals surface area contributed by atoms with Crippen molar-refractivity contribution in [3.63, 3.8) is 0 Å². The van der Waals surface area contributed by atoms with Gasteiger partial charge in [-0.3, -0.25) is 0 Å². The van der Waals surface area contributed by atoms with Crippen molar-refractivity contribution in [2.24, 2.45) is 0 Å².